The van der Waals surface area contributed by atoms with Crippen molar-refractivity contribution in [2.75, 3.05) is 0 Å². The van der Waals surface area contributed by atoms with E-state index in [0.717, 1.165) is 11.0 Å². The lowest BCUT2D eigenvalue weighted by molar-refractivity contribution is 0.316. The van der Waals surface area contributed by atoms with Crippen LogP contribution in [-0.4, -0.2) is 26.8 Å². The van der Waals surface area contributed by atoms with Crippen molar-refractivity contribution in [2.24, 2.45) is 7.05 Å². The molecule has 1 fully saturated rings. The minimum atomic E-state index is 0. The Labute approximate surface area is 175 Å². The normalized spacial score (nSPS) is 22.5. The fourth-order valence-corrected chi connectivity index (χ4v) is 5.53. The fourth-order valence-electron chi connectivity index (χ4n) is 4.40. The van der Waals surface area contributed by atoms with E-state index in [1.807, 2.05) is 23.1 Å². The summed E-state index contributed by atoms with van der Waals surface area (Å²) >= 11 is 1.87. The number of hydrogen-bond donors (Lipinski definition) is 1. The minimum Gasteiger partial charge on any atom is -0.312 e. The van der Waals surface area contributed by atoms with E-state index < -0.39 is 0 Å². The monoisotopic (exact) mass is 412 g/mol. The van der Waals surface area contributed by atoms with E-state index in [1.165, 1.54) is 39.1 Å². The van der Waals surface area contributed by atoms with Crippen LogP contribution < -0.4 is 5.32 Å². The molecule has 2 aromatic heterocycles. The molecule has 4 nitrogen and oxygen atoms in total. The molecule has 2 unspecified atom stereocenters. The topological polar surface area (TPSA) is 42.7 Å². The molecule has 3 heterocycles. The molecule has 0 amide bonds. The molecule has 0 bridgehead atoms. The zero-order valence-corrected chi connectivity index (χ0v) is 18.0. The van der Waals surface area contributed by atoms with Crippen LogP contribution in [-0.2, 0) is 7.05 Å². The molecule has 0 radical (unpaired) electrons. The molecule has 0 saturated carbocycles. The highest BCUT2D eigenvalue weighted by Gasteiger charge is 2.26. The number of aryl methyl sites for hydroxylation is 1. The molecular weight excluding hydrogens is 388 g/mol. The van der Waals surface area contributed by atoms with Crippen molar-refractivity contribution in [2.45, 2.75) is 44.7 Å². The quantitative estimate of drug-likeness (QED) is 0.471. The van der Waals surface area contributed by atoms with Gasteiger partial charge in [-0.25, -0.2) is 4.98 Å². The van der Waals surface area contributed by atoms with Crippen LogP contribution in [0.2, 0.25) is 0 Å². The van der Waals surface area contributed by atoms with Crippen LogP contribution in [0.1, 0.15) is 37.6 Å². The number of hydrogen-bond acceptors (Lipinski definition) is 4. The number of rotatable bonds is 2. The van der Waals surface area contributed by atoms with Gasteiger partial charge in [0.15, 0.2) is 0 Å². The minimum absolute atomic E-state index is 0. The average molecular weight is 413 g/mol. The smallest absolute Gasteiger partial charge is 0.0970 e. The van der Waals surface area contributed by atoms with Crippen LogP contribution in [0.4, 0.5) is 0 Å². The maximum Gasteiger partial charge on any atom is 0.0970 e. The summed E-state index contributed by atoms with van der Waals surface area (Å²) in [5.74, 6) is 0.573. The number of nitrogens with zero attached hydrogens (tertiary/aromatic N) is 3. The van der Waals surface area contributed by atoms with Gasteiger partial charge in [-0.2, -0.15) is 5.10 Å². The first kappa shape index (κ1) is 19.4. The average Bonchev–Trinajstić information content (AvgIpc) is 3.21. The SMILES string of the molecule is CC1CC(c2nc3ccc(-c4ccc5nn(C)cc5c4)cc3s2)CC(C)N1.Cl. The predicted molar refractivity (Wildman–Crippen MR) is 121 cm³/mol. The second-order valence-corrected chi connectivity index (χ2v) is 9.01. The number of benzene rings is 2. The van der Waals surface area contributed by atoms with E-state index in [4.69, 9.17) is 4.98 Å². The molecule has 146 valence electrons. The number of nitrogens with one attached hydrogen (secondary N) is 1. The van der Waals surface area contributed by atoms with Crippen LogP contribution in [0.15, 0.2) is 42.6 Å². The zero-order chi connectivity index (χ0) is 18.5. The fraction of sp³-hybridized carbons (Fsp3) is 0.364. The van der Waals surface area contributed by atoms with Crippen molar-refractivity contribution in [1.29, 1.82) is 0 Å². The van der Waals surface area contributed by atoms with E-state index in [1.54, 1.807) is 0 Å². The number of fused-ring (bicyclic) bond motifs is 2. The second-order valence-electron chi connectivity index (χ2n) is 7.95. The first-order valence-electron chi connectivity index (χ1n) is 9.65. The molecule has 1 N–H and O–H groups in total. The summed E-state index contributed by atoms with van der Waals surface area (Å²) in [6.45, 7) is 4.56. The zero-order valence-electron chi connectivity index (χ0n) is 16.3. The molecule has 1 aliphatic rings. The lowest BCUT2D eigenvalue weighted by Gasteiger charge is -2.31. The number of piperidine rings is 1. The van der Waals surface area contributed by atoms with Crippen molar-refractivity contribution < 1.29 is 0 Å². The van der Waals surface area contributed by atoms with Crippen molar-refractivity contribution in [3.8, 4) is 11.1 Å². The summed E-state index contributed by atoms with van der Waals surface area (Å²) in [4.78, 5) is 4.97. The van der Waals surface area contributed by atoms with E-state index >= 15 is 0 Å². The van der Waals surface area contributed by atoms with Gasteiger partial charge in [-0.1, -0.05) is 12.1 Å². The Morgan fingerprint density at radius 1 is 1.00 bits per heavy atom. The second kappa shape index (κ2) is 7.47. The van der Waals surface area contributed by atoms with Crippen LogP contribution in [0.5, 0.6) is 0 Å². The van der Waals surface area contributed by atoms with Gasteiger partial charge in [0.1, 0.15) is 0 Å². The molecule has 28 heavy (non-hydrogen) atoms. The maximum absolute atomic E-state index is 4.97. The van der Waals surface area contributed by atoms with Gasteiger partial charge >= 0.3 is 0 Å². The Morgan fingerprint density at radius 3 is 2.43 bits per heavy atom. The highest BCUT2D eigenvalue weighted by atomic mass is 35.5. The molecule has 1 aliphatic heterocycles. The first-order valence-corrected chi connectivity index (χ1v) is 10.5. The molecule has 2 aromatic carbocycles. The Kier molecular flexibility index (Phi) is 5.17. The molecule has 0 aliphatic carbocycles. The summed E-state index contributed by atoms with van der Waals surface area (Å²) in [7, 11) is 1.97. The molecular formula is C22H25ClN4S. The van der Waals surface area contributed by atoms with Crippen LogP contribution in [0, 0.1) is 0 Å². The predicted octanol–water partition coefficient (Wildman–Crippen LogP) is 5.52. The van der Waals surface area contributed by atoms with Gasteiger partial charge in [0.05, 0.1) is 20.7 Å². The number of aromatic nitrogens is 3. The molecule has 2 atom stereocenters. The first-order chi connectivity index (χ1) is 13.0. The summed E-state index contributed by atoms with van der Waals surface area (Å²) < 4.78 is 3.15. The largest absolute Gasteiger partial charge is 0.312 e. The highest BCUT2D eigenvalue weighted by Crippen LogP contribution is 2.37. The standard InChI is InChI=1S/C22H24N4S.ClH/c1-13-8-17(9-14(2)23-13)22-24-20-7-5-16(11-21(20)27-22)15-4-6-19-18(10-15)12-26(3)25-19;/h4-7,10-14,17,23H,8-9H2,1-3H3;1H. The van der Waals surface area contributed by atoms with Crippen LogP contribution in [0.3, 0.4) is 0 Å². The van der Waals surface area contributed by atoms with Crippen LogP contribution in [0.25, 0.3) is 32.2 Å². The van der Waals surface area contributed by atoms with Gasteiger partial charge in [0, 0.05) is 36.6 Å². The van der Waals surface area contributed by atoms with Gasteiger partial charge in [-0.3, -0.25) is 4.68 Å². The Morgan fingerprint density at radius 2 is 1.68 bits per heavy atom. The van der Waals surface area contributed by atoms with Gasteiger partial charge < -0.3 is 5.32 Å². The van der Waals surface area contributed by atoms with Crippen molar-refractivity contribution in [1.82, 2.24) is 20.1 Å². The van der Waals surface area contributed by atoms with Crippen molar-refractivity contribution in [3.05, 3.63) is 47.6 Å². The van der Waals surface area contributed by atoms with Crippen molar-refractivity contribution in [3.63, 3.8) is 0 Å². The lowest BCUT2D eigenvalue weighted by atomic mass is 9.89. The third-order valence-corrected chi connectivity index (χ3v) is 6.73. The van der Waals surface area contributed by atoms with Gasteiger partial charge in [-0.05, 0) is 62.1 Å². The maximum atomic E-state index is 4.97. The van der Waals surface area contributed by atoms with E-state index in [0.29, 0.717) is 18.0 Å². The van der Waals surface area contributed by atoms with E-state index in [-0.39, 0.29) is 12.4 Å². The Bertz CT molecular complexity index is 1120. The molecule has 1 saturated heterocycles. The Hall–Kier alpha value is -1.95. The number of thiazole rings is 1. The van der Waals surface area contributed by atoms with E-state index in [9.17, 15) is 0 Å². The highest BCUT2D eigenvalue weighted by molar-refractivity contribution is 7.18. The molecule has 6 heteroatoms. The van der Waals surface area contributed by atoms with E-state index in [2.05, 4.69) is 66.9 Å². The summed E-state index contributed by atoms with van der Waals surface area (Å²) in [5.41, 5.74) is 4.64. The third-order valence-electron chi connectivity index (χ3n) is 5.55. The summed E-state index contributed by atoms with van der Waals surface area (Å²) in [6.07, 6.45) is 4.42. The molecule has 0 spiro atoms. The van der Waals surface area contributed by atoms with Crippen molar-refractivity contribution >= 4 is 44.9 Å². The summed E-state index contributed by atoms with van der Waals surface area (Å²) in [6, 6.07) is 14.3. The lowest BCUT2D eigenvalue weighted by Crippen LogP contribution is -2.41. The third kappa shape index (κ3) is 3.54. The molecule has 5 rings (SSSR count). The van der Waals surface area contributed by atoms with Crippen LogP contribution >= 0.6 is 23.7 Å². The van der Waals surface area contributed by atoms with Gasteiger partial charge in [0.2, 0.25) is 0 Å². The Balaban J connectivity index is 0.00000192. The van der Waals surface area contributed by atoms with Gasteiger partial charge in [-0.15, -0.1) is 23.7 Å². The summed E-state index contributed by atoms with van der Waals surface area (Å²) in [5, 5.41) is 10.6. The number of halogens is 1. The van der Waals surface area contributed by atoms with Gasteiger partial charge in [0.25, 0.3) is 0 Å². The molecule has 4 aromatic rings.